The zero-order valence-corrected chi connectivity index (χ0v) is 14.3. The molecule has 0 aromatic rings. The topological polar surface area (TPSA) is 9.23 Å². The molecular weight excluding hydrogens is 264 g/mol. The third-order valence-corrected chi connectivity index (χ3v) is 3.82. The second-order valence-corrected chi connectivity index (χ2v) is 5.96. The van der Waals surface area contributed by atoms with Crippen molar-refractivity contribution in [1.82, 2.24) is 0 Å². The number of hydrogen-bond acceptors (Lipinski definition) is 1. The Bertz CT molecular complexity index is 74.0. The van der Waals surface area contributed by atoms with Gasteiger partial charge >= 0.3 is 20.4 Å². The number of rotatable bonds is 8. The van der Waals surface area contributed by atoms with Crippen molar-refractivity contribution >= 4 is 37.3 Å². The van der Waals surface area contributed by atoms with Crippen molar-refractivity contribution in [2.45, 2.75) is 62.5 Å². The van der Waals surface area contributed by atoms with E-state index in [9.17, 15) is 0 Å². The molecule has 0 amide bonds. The van der Waals surface area contributed by atoms with Gasteiger partial charge in [0.2, 0.25) is 0 Å². The van der Waals surface area contributed by atoms with Crippen LogP contribution < -0.4 is 0 Å². The van der Waals surface area contributed by atoms with Crippen LogP contribution in [0, 0.1) is 0 Å². The van der Waals surface area contributed by atoms with Gasteiger partial charge in [-0.1, -0.05) is 39.5 Å². The Morgan fingerprint density at radius 1 is 0.867 bits per heavy atom. The summed E-state index contributed by atoms with van der Waals surface area (Å²) in [5, 5.41) is 0. The summed E-state index contributed by atoms with van der Waals surface area (Å²) in [5.41, 5.74) is 0. The fraction of sp³-hybridized carbons (Fsp3) is 1.00. The predicted molar refractivity (Wildman–Crippen MR) is 77.7 cm³/mol. The highest BCUT2D eigenvalue weighted by Crippen LogP contribution is 2.02. The molecule has 0 unspecified atom stereocenters. The van der Waals surface area contributed by atoms with Crippen LogP contribution >= 0.6 is 17.0 Å². The summed E-state index contributed by atoms with van der Waals surface area (Å²) >= 11 is 0.394. The van der Waals surface area contributed by atoms with Crippen LogP contribution in [0.25, 0.3) is 0 Å². The lowest BCUT2D eigenvalue weighted by molar-refractivity contribution is 0.162. The molecule has 0 N–H and O–H groups in total. The van der Waals surface area contributed by atoms with Gasteiger partial charge in [0.1, 0.15) is 0 Å². The van der Waals surface area contributed by atoms with E-state index in [-0.39, 0.29) is 17.0 Å². The monoisotopic (exact) mass is 292 g/mol. The molecule has 15 heavy (non-hydrogen) atoms. The van der Waals surface area contributed by atoms with Gasteiger partial charge in [0.25, 0.3) is 0 Å². The van der Waals surface area contributed by atoms with Gasteiger partial charge in [-0.05, 0) is 13.8 Å². The third kappa shape index (κ3) is 31.3. The van der Waals surface area contributed by atoms with Crippen molar-refractivity contribution in [1.29, 1.82) is 0 Å². The van der Waals surface area contributed by atoms with Crippen molar-refractivity contribution in [2.24, 2.45) is 0 Å². The lowest BCUT2D eigenvalue weighted by Crippen LogP contribution is -1.85. The van der Waals surface area contributed by atoms with E-state index in [0.717, 1.165) is 13.2 Å². The summed E-state index contributed by atoms with van der Waals surface area (Å²) in [6, 6.07) is 0. The minimum atomic E-state index is 0. The molecule has 0 bridgehead atoms. The zero-order valence-electron chi connectivity index (χ0n) is 11.2. The Balaban J connectivity index is -0.000000208. The largest absolute Gasteiger partial charge is 0.382 e. The second kappa shape index (κ2) is 24.4. The summed E-state index contributed by atoms with van der Waals surface area (Å²) in [6.45, 7) is 10.3. The standard InChI is InChI=1S/C6H13.C4H10O.C2H5.BrH.Mg/c1-3-5-6-4-2;1-3-5-4-2;1-2;;/h1,3-6H2,2H3;3-4H2,1-2H3;1H2,2H3;1H;. The molecule has 0 radical (unpaired) electrons. The maximum atomic E-state index is 4.83. The van der Waals surface area contributed by atoms with Crippen molar-refractivity contribution < 1.29 is 4.74 Å². The van der Waals surface area contributed by atoms with Crippen LogP contribution in [0.5, 0.6) is 0 Å². The molecule has 0 rings (SSSR count). The van der Waals surface area contributed by atoms with E-state index in [4.69, 9.17) is 4.74 Å². The average molecular weight is 294 g/mol. The normalized spacial score (nSPS) is 8.27. The highest BCUT2D eigenvalue weighted by Gasteiger charge is 1.90. The minimum absolute atomic E-state index is 0. The molecular formula is C12H29BrMgO. The molecule has 0 heterocycles. The van der Waals surface area contributed by atoms with Crippen molar-refractivity contribution in [3.63, 3.8) is 0 Å². The third-order valence-electron chi connectivity index (χ3n) is 2.12. The van der Waals surface area contributed by atoms with Crippen LogP contribution in [-0.4, -0.2) is 33.6 Å². The zero-order chi connectivity index (χ0) is 11.1. The van der Waals surface area contributed by atoms with Gasteiger partial charge in [-0.15, -0.1) is 26.1 Å². The van der Waals surface area contributed by atoms with Gasteiger partial charge in [0.15, 0.2) is 0 Å². The van der Waals surface area contributed by atoms with Crippen LogP contribution in [-0.2, 0) is 4.74 Å². The molecule has 0 saturated heterocycles. The van der Waals surface area contributed by atoms with Gasteiger partial charge in [-0.3, -0.25) is 0 Å². The maximum Gasteiger partial charge on any atom is 0.363 e. The fourth-order valence-electron chi connectivity index (χ4n) is 1.23. The van der Waals surface area contributed by atoms with Gasteiger partial charge in [-0.2, -0.15) is 0 Å². The molecule has 0 aliphatic heterocycles. The van der Waals surface area contributed by atoms with Crippen molar-refractivity contribution in [2.75, 3.05) is 13.2 Å². The molecule has 1 nitrogen and oxygen atoms in total. The van der Waals surface area contributed by atoms with Crippen LogP contribution in [0.3, 0.4) is 0 Å². The molecule has 3 heteroatoms. The Morgan fingerprint density at radius 3 is 1.80 bits per heavy atom. The number of ether oxygens (including phenoxy) is 1. The first-order valence-electron chi connectivity index (χ1n) is 6.41. The van der Waals surface area contributed by atoms with Crippen molar-refractivity contribution in [3.05, 3.63) is 0 Å². The molecule has 0 aliphatic rings. The molecule has 0 aromatic carbocycles. The van der Waals surface area contributed by atoms with Gasteiger partial charge in [-0.25, -0.2) is 0 Å². The first kappa shape index (κ1) is 21.5. The fourth-order valence-corrected chi connectivity index (χ4v) is 2.44. The summed E-state index contributed by atoms with van der Waals surface area (Å²) in [7, 11) is 0. The number of hydrogen-bond donors (Lipinski definition) is 0. The van der Waals surface area contributed by atoms with E-state index in [2.05, 4.69) is 13.8 Å². The van der Waals surface area contributed by atoms with Gasteiger partial charge in [0, 0.05) is 13.2 Å². The summed E-state index contributed by atoms with van der Waals surface area (Å²) in [4.78, 5) is 0. The molecule has 0 atom stereocenters. The predicted octanol–water partition coefficient (Wildman–Crippen LogP) is 4.75. The van der Waals surface area contributed by atoms with Crippen LogP contribution in [0.1, 0.15) is 53.4 Å². The molecule has 92 valence electrons. The van der Waals surface area contributed by atoms with E-state index in [1.54, 1.807) is 4.55 Å². The van der Waals surface area contributed by atoms with Crippen molar-refractivity contribution in [3.8, 4) is 0 Å². The van der Waals surface area contributed by atoms with E-state index in [0.29, 0.717) is 20.4 Å². The molecule has 0 fully saturated rings. The Hall–Kier alpha value is 1.21. The maximum absolute atomic E-state index is 4.83. The average Bonchev–Trinajstić information content (AvgIpc) is 2.20. The van der Waals surface area contributed by atoms with Crippen LogP contribution in [0.15, 0.2) is 0 Å². The number of halogens is 1. The van der Waals surface area contributed by atoms with Crippen LogP contribution in [0.2, 0.25) is 9.10 Å². The van der Waals surface area contributed by atoms with Gasteiger partial charge < -0.3 is 4.74 Å². The molecule has 0 aliphatic carbocycles. The lowest BCUT2D eigenvalue weighted by Gasteiger charge is -1.94. The van der Waals surface area contributed by atoms with Gasteiger partial charge in [0.05, 0.1) is 0 Å². The smallest absolute Gasteiger partial charge is 0.363 e. The highest BCUT2D eigenvalue weighted by atomic mass is 79.9. The summed E-state index contributed by atoms with van der Waals surface area (Å²) < 4.78 is 7.93. The molecule has 0 aromatic heterocycles. The summed E-state index contributed by atoms with van der Waals surface area (Å²) in [5.74, 6) is 0. The van der Waals surface area contributed by atoms with Crippen LogP contribution in [0.4, 0.5) is 0 Å². The second-order valence-electron chi connectivity index (χ2n) is 3.55. The lowest BCUT2D eigenvalue weighted by atomic mass is 10.2. The Labute approximate surface area is 117 Å². The molecule has 0 saturated carbocycles. The highest BCUT2D eigenvalue weighted by molar-refractivity contribution is 8.93. The first-order valence-corrected chi connectivity index (χ1v) is 8.41. The van der Waals surface area contributed by atoms with E-state index in [1.807, 2.05) is 13.8 Å². The SMILES string of the molecule is Br.CCCCC[CH2][Mg][CH2]C.CCOCC. The Kier molecular flexibility index (Phi) is 35.0. The first-order chi connectivity index (χ1) is 6.83. The Morgan fingerprint density at radius 2 is 1.47 bits per heavy atom. The quantitative estimate of drug-likeness (QED) is 0.463. The minimum Gasteiger partial charge on any atom is -0.382 e. The van der Waals surface area contributed by atoms with E-state index in [1.165, 1.54) is 30.2 Å². The van der Waals surface area contributed by atoms with E-state index < -0.39 is 0 Å². The molecule has 0 spiro atoms. The summed E-state index contributed by atoms with van der Waals surface area (Å²) in [6.07, 6.45) is 5.85. The van der Waals surface area contributed by atoms with E-state index >= 15 is 0 Å². The number of unbranched alkanes of at least 4 members (excludes halogenated alkanes) is 3.